The lowest BCUT2D eigenvalue weighted by molar-refractivity contribution is -0.144. The maximum absolute atomic E-state index is 12.3. The van der Waals surface area contributed by atoms with Crippen LogP contribution in [0.3, 0.4) is 0 Å². The van der Waals surface area contributed by atoms with Gasteiger partial charge in [0, 0.05) is 19.1 Å². The fourth-order valence-corrected chi connectivity index (χ4v) is 1.85. The second-order valence-corrected chi connectivity index (χ2v) is 5.09. The van der Waals surface area contributed by atoms with Gasteiger partial charge in [0.25, 0.3) is 0 Å². The highest BCUT2D eigenvalue weighted by atomic mass is 19.4. The molecule has 0 aliphatic heterocycles. The molecule has 0 amide bonds. The monoisotopic (exact) mass is 274 g/mol. The number of halogens is 3. The van der Waals surface area contributed by atoms with Crippen LogP contribution in [-0.2, 0) is 13.1 Å². The van der Waals surface area contributed by atoms with Crippen LogP contribution in [0.5, 0.6) is 0 Å². The van der Waals surface area contributed by atoms with Crippen molar-refractivity contribution in [1.29, 1.82) is 0 Å². The molecule has 0 heterocycles. The highest BCUT2D eigenvalue weighted by Crippen LogP contribution is 2.18. The Kier molecular flexibility index (Phi) is 5.82. The Balaban J connectivity index is 2.66. The molecule has 0 fully saturated rings. The van der Waals surface area contributed by atoms with E-state index in [1.165, 1.54) is 11.9 Å². The van der Waals surface area contributed by atoms with Crippen LogP contribution in [-0.4, -0.2) is 30.7 Å². The fourth-order valence-electron chi connectivity index (χ4n) is 1.85. The molecule has 0 aliphatic carbocycles. The second kappa shape index (κ2) is 6.91. The molecule has 0 aliphatic rings. The third-order valence-corrected chi connectivity index (χ3v) is 2.71. The largest absolute Gasteiger partial charge is 0.401 e. The molecule has 0 aromatic heterocycles. The first-order chi connectivity index (χ1) is 8.78. The van der Waals surface area contributed by atoms with Crippen molar-refractivity contribution in [3.05, 3.63) is 35.4 Å². The molecule has 2 nitrogen and oxygen atoms in total. The molecule has 1 N–H and O–H groups in total. The van der Waals surface area contributed by atoms with E-state index in [1.54, 1.807) is 0 Å². The van der Waals surface area contributed by atoms with E-state index in [2.05, 4.69) is 5.32 Å². The molecule has 0 spiro atoms. The molecule has 0 bridgehead atoms. The first-order valence-corrected chi connectivity index (χ1v) is 6.33. The lowest BCUT2D eigenvalue weighted by Crippen LogP contribution is -2.31. The standard InChI is InChI=1S/C14H21F3N2/c1-11(2)18-8-12-6-4-5-7-13(12)9-19(3)10-14(15,16)17/h4-7,11,18H,8-10H2,1-3H3. The van der Waals surface area contributed by atoms with Crippen LogP contribution in [0.1, 0.15) is 25.0 Å². The van der Waals surface area contributed by atoms with E-state index in [0.717, 1.165) is 11.1 Å². The Bertz CT molecular complexity index is 389. The lowest BCUT2D eigenvalue weighted by atomic mass is 10.1. The van der Waals surface area contributed by atoms with Gasteiger partial charge in [0.2, 0.25) is 0 Å². The van der Waals surface area contributed by atoms with Crippen LogP contribution in [0.15, 0.2) is 24.3 Å². The minimum absolute atomic E-state index is 0.301. The Hall–Kier alpha value is -1.07. The van der Waals surface area contributed by atoms with Crippen LogP contribution >= 0.6 is 0 Å². The molecule has 0 atom stereocenters. The predicted octanol–water partition coefficient (Wildman–Crippen LogP) is 3.18. The van der Waals surface area contributed by atoms with E-state index in [4.69, 9.17) is 0 Å². The topological polar surface area (TPSA) is 15.3 Å². The number of alkyl halides is 3. The van der Waals surface area contributed by atoms with E-state index in [-0.39, 0.29) is 0 Å². The van der Waals surface area contributed by atoms with E-state index >= 15 is 0 Å². The van der Waals surface area contributed by atoms with Gasteiger partial charge in [-0.15, -0.1) is 0 Å². The zero-order valence-electron chi connectivity index (χ0n) is 11.6. The summed E-state index contributed by atoms with van der Waals surface area (Å²) in [6, 6.07) is 7.94. The molecular formula is C14H21F3N2. The number of rotatable bonds is 6. The summed E-state index contributed by atoms with van der Waals surface area (Å²) in [5.74, 6) is 0. The van der Waals surface area contributed by atoms with Gasteiger partial charge in [0.15, 0.2) is 0 Å². The van der Waals surface area contributed by atoms with Gasteiger partial charge >= 0.3 is 6.18 Å². The Morgan fingerprint density at radius 1 is 1.16 bits per heavy atom. The molecule has 1 aromatic rings. The van der Waals surface area contributed by atoms with Crippen LogP contribution in [0.25, 0.3) is 0 Å². The summed E-state index contributed by atoms with van der Waals surface area (Å²) >= 11 is 0. The quantitative estimate of drug-likeness (QED) is 0.857. The van der Waals surface area contributed by atoms with Gasteiger partial charge in [0.05, 0.1) is 6.54 Å². The van der Waals surface area contributed by atoms with Crippen molar-refractivity contribution < 1.29 is 13.2 Å². The van der Waals surface area contributed by atoms with E-state index in [1.807, 2.05) is 38.1 Å². The van der Waals surface area contributed by atoms with Gasteiger partial charge in [-0.3, -0.25) is 4.90 Å². The summed E-state index contributed by atoms with van der Waals surface area (Å²) in [5.41, 5.74) is 1.98. The van der Waals surface area contributed by atoms with Gasteiger partial charge in [-0.25, -0.2) is 0 Å². The van der Waals surface area contributed by atoms with Crippen LogP contribution in [0.4, 0.5) is 13.2 Å². The smallest absolute Gasteiger partial charge is 0.310 e. The molecule has 19 heavy (non-hydrogen) atoms. The minimum atomic E-state index is -4.15. The second-order valence-electron chi connectivity index (χ2n) is 5.09. The molecular weight excluding hydrogens is 253 g/mol. The average Bonchev–Trinajstić information content (AvgIpc) is 2.25. The van der Waals surface area contributed by atoms with Crippen molar-refractivity contribution in [1.82, 2.24) is 10.2 Å². The average molecular weight is 274 g/mol. The minimum Gasteiger partial charge on any atom is -0.310 e. The summed E-state index contributed by atoms with van der Waals surface area (Å²) in [4.78, 5) is 1.29. The SMILES string of the molecule is CC(C)NCc1ccccc1CN(C)CC(F)(F)F. The van der Waals surface area contributed by atoms with Crippen molar-refractivity contribution >= 4 is 0 Å². The van der Waals surface area contributed by atoms with Crippen molar-refractivity contribution in [3.8, 4) is 0 Å². The summed E-state index contributed by atoms with van der Waals surface area (Å²) in [6.45, 7) is 4.17. The van der Waals surface area contributed by atoms with E-state index in [9.17, 15) is 13.2 Å². The molecule has 1 rings (SSSR count). The number of nitrogens with zero attached hydrogens (tertiary/aromatic N) is 1. The molecule has 5 heteroatoms. The maximum Gasteiger partial charge on any atom is 0.401 e. The summed E-state index contributed by atoms with van der Waals surface area (Å²) in [5, 5.41) is 3.28. The predicted molar refractivity (Wildman–Crippen MR) is 70.8 cm³/mol. The van der Waals surface area contributed by atoms with Crippen molar-refractivity contribution in [3.63, 3.8) is 0 Å². The van der Waals surface area contributed by atoms with E-state index in [0.29, 0.717) is 19.1 Å². The normalized spacial score (nSPS) is 12.4. The van der Waals surface area contributed by atoms with Gasteiger partial charge in [0.1, 0.15) is 0 Å². The Morgan fingerprint density at radius 2 is 1.74 bits per heavy atom. The summed E-state index contributed by atoms with van der Waals surface area (Å²) < 4.78 is 36.9. The van der Waals surface area contributed by atoms with Gasteiger partial charge in [-0.1, -0.05) is 38.1 Å². The van der Waals surface area contributed by atoms with Gasteiger partial charge in [-0.2, -0.15) is 13.2 Å². The maximum atomic E-state index is 12.3. The Morgan fingerprint density at radius 3 is 2.26 bits per heavy atom. The third kappa shape index (κ3) is 6.59. The highest BCUT2D eigenvalue weighted by molar-refractivity contribution is 5.27. The molecule has 0 unspecified atom stereocenters. The lowest BCUT2D eigenvalue weighted by Gasteiger charge is -2.20. The fraction of sp³-hybridized carbons (Fsp3) is 0.571. The van der Waals surface area contributed by atoms with Gasteiger partial charge < -0.3 is 5.32 Å². The third-order valence-electron chi connectivity index (χ3n) is 2.71. The van der Waals surface area contributed by atoms with Crippen molar-refractivity contribution in [2.75, 3.05) is 13.6 Å². The summed E-state index contributed by atoms with van der Waals surface area (Å²) in [7, 11) is 1.49. The van der Waals surface area contributed by atoms with E-state index < -0.39 is 12.7 Å². The first kappa shape index (κ1) is 16.0. The Labute approximate surface area is 112 Å². The number of benzene rings is 1. The first-order valence-electron chi connectivity index (χ1n) is 6.33. The zero-order valence-corrected chi connectivity index (χ0v) is 11.6. The van der Waals surface area contributed by atoms with Crippen LogP contribution < -0.4 is 5.32 Å². The number of hydrogen-bond acceptors (Lipinski definition) is 2. The molecule has 108 valence electrons. The van der Waals surface area contributed by atoms with Crippen molar-refractivity contribution in [2.45, 2.75) is 39.2 Å². The number of hydrogen-bond donors (Lipinski definition) is 1. The zero-order chi connectivity index (χ0) is 14.5. The van der Waals surface area contributed by atoms with Crippen LogP contribution in [0.2, 0.25) is 0 Å². The molecule has 0 radical (unpaired) electrons. The number of nitrogens with one attached hydrogen (secondary N) is 1. The van der Waals surface area contributed by atoms with Crippen molar-refractivity contribution in [2.24, 2.45) is 0 Å². The highest BCUT2D eigenvalue weighted by Gasteiger charge is 2.29. The molecule has 0 saturated heterocycles. The van der Waals surface area contributed by atoms with Crippen LogP contribution in [0, 0.1) is 0 Å². The molecule has 1 aromatic carbocycles. The summed E-state index contributed by atoms with van der Waals surface area (Å²) in [6.07, 6.45) is -4.15. The van der Waals surface area contributed by atoms with Gasteiger partial charge in [-0.05, 0) is 18.2 Å². The molecule has 0 saturated carbocycles.